The van der Waals surface area contributed by atoms with Gasteiger partial charge in [-0.25, -0.2) is 0 Å². The molecule has 1 aromatic rings. The van der Waals surface area contributed by atoms with Crippen LogP contribution >= 0.6 is 24.0 Å². The molecule has 0 radical (unpaired) electrons. The number of hydrogen-bond acceptors (Lipinski definition) is 3. The van der Waals surface area contributed by atoms with Gasteiger partial charge in [0.05, 0.1) is 12.6 Å². The number of aliphatic hydroxyl groups is 1. The largest absolute Gasteiger partial charge is 0.391 e. The van der Waals surface area contributed by atoms with Crippen molar-refractivity contribution in [3.8, 4) is 0 Å². The summed E-state index contributed by atoms with van der Waals surface area (Å²) in [5.74, 6) is 1.77. The SMILES string of the molecule is CCNC(=NCC(O)Cc1ccccc1)NC1CCN(CC2CCCCC2)CC1.I. The molecule has 5 nitrogen and oxygen atoms in total. The summed E-state index contributed by atoms with van der Waals surface area (Å²) in [7, 11) is 0. The van der Waals surface area contributed by atoms with Crippen LogP contribution < -0.4 is 10.6 Å². The van der Waals surface area contributed by atoms with Crippen LogP contribution in [0.2, 0.25) is 0 Å². The maximum Gasteiger partial charge on any atom is 0.191 e. The van der Waals surface area contributed by atoms with E-state index in [1.165, 1.54) is 64.6 Å². The van der Waals surface area contributed by atoms with Crippen molar-refractivity contribution in [2.45, 2.75) is 70.4 Å². The lowest BCUT2D eigenvalue weighted by Gasteiger charge is -2.36. The predicted molar refractivity (Wildman–Crippen MR) is 137 cm³/mol. The number of aliphatic imine (C=N–C) groups is 1. The molecule has 0 bridgehead atoms. The first-order valence-corrected chi connectivity index (χ1v) is 11.7. The Labute approximate surface area is 200 Å². The van der Waals surface area contributed by atoms with E-state index in [9.17, 15) is 5.11 Å². The molecule has 6 heteroatoms. The molecule has 0 amide bonds. The molecule has 170 valence electrons. The molecule has 3 rings (SSSR count). The van der Waals surface area contributed by atoms with Crippen molar-refractivity contribution in [3.63, 3.8) is 0 Å². The molecule has 1 saturated carbocycles. The van der Waals surface area contributed by atoms with Crippen LogP contribution in [0, 0.1) is 5.92 Å². The van der Waals surface area contributed by atoms with Crippen LogP contribution in [0.5, 0.6) is 0 Å². The number of likely N-dealkylation sites (tertiary alicyclic amines) is 1. The molecule has 1 unspecified atom stereocenters. The minimum Gasteiger partial charge on any atom is -0.391 e. The maximum absolute atomic E-state index is 10.3. The van der Waals surface area contributed by atoms with Gasteiger partial charge in [0, 0.05) is 38.6 Å². The van der Waals surface area contributed by atoms with Gasteiger partial charge < -0.3 is 20.6 Å². The molecule has 1 saturated heterocycles. The number of aliphatic hydroxyl groups excluding tert-OH is 1. The van der Waals surface area contributed by atoms with Gasteiger partial charge in [-0.3, -0.25) is 4.99 Å². The van der Waals surface area contributed by atoms with Crippen LogP contribution in [0.3, 0.4) is 0 Å². The van der Waals surface area contributed by atoms with E-state index in [1.54, 1.807) is 0 Å². The lowest BCUT2D eigenvalue weighted by atomic mass is 9.88. The lowest BCUT2D eigenvalue weighted by Crippen LogP contribution is -2.49. The Morgan fingerprint density at radius 1 is 1.10 bits per heavy atom. The molecule has 1 aliphatic carbocycles. The zero-order chi connectivity index (χ0) is 20.3. The van der Waals surface area contributed by atoms with Crippen molar-refractivity contribution in [3.05, 3.63) is 35.9 Å². The van der Waals surface area contributed by atoms with Crippen molar-refractivity contribution in [2.75, 3.05) is 32.7 Å². The molecule has 30 heavy (non-hydrogen) atoms. The number of rotatable bonds is 8. The smallest absolute Gasteiger partial charge is 0.191 e. The number of piperidine rings is 1. The number of hydrogen-bond donors (Lipinski definition) is 3. The van der Waals surface area contributed by atoms with E-state index in [2.05, 4.69) is 39.6 Å². The summed E-state index contributed by atoms with van der Waals surface area (Å²) in [6.45, 7) is 7.01. The highest BCUT2D eigenvalue weighted by Gasteiger charge is 2.23. The van der Waals surface area contributed by atoms with E-state index in [4.69, 9.17) is 0 Å². The summed E-state index contributed by atoms with van der Waals surface area (Å²) in [4.78, 5) is 7.32. The standard InChI is InChI=1S/C24H40N4O.HI/c1-2-25-24(26-18-23(29)17-20-9-5-3-6-10-20)27-22-13-15-28(16-14-22)19-21-11-7-4-8-12-21;/h3,5-6,9-10,21-23,29H,2,4,7-8,11-19H2,1H3,(H2,25,26,27);1H. The average Bonchev–Trinajstić information content (AvgIpc) is 2.75. The second-order valence-electron chi connectivity index (χ2n) is 8.79. The predicted octanol–water partition coefficient (Wildman–Crippen LogP) is 3.81. The average molecular weight is 529 g/mol. The number of nitrogens with zero attached hydrogens (tertiary/aromatic N) is 2. The summed E-state index contributed by atoms with van der Waals surface area (Å²) in [6.07, 6.45) is 9.70. The van der Waals surface area contributed by atoms with Gasteiger partial charge in [0.1, 0.15) is 0 Å². The van der Waals surface area contributed by atoms with Gasteiger partial charge in [-0.2, -0.15) is 0 Å². The maximum atomic E-state index is 10.3. The molecule has 0 spiro atoms. The first-order chi connectivity index (χ1) is 14.2. The van der Waals surface area contributed by atoms with E-state index in [0.717, 1.165) is 24.0 Å². The number of guanidine groups is 1. The Morgan fingerprint density at radius 3 is 2.47 bits per heavy atom. The summed E-state index contributed by atoms with van der Waals surface area (Å²) < 4.78 is 0. The van der Waals surface area contributed by atoms with Gasteiger partial charge in [0.25, 0.3) is 0 Å². The second kappa shape index (κ2) is 14.2. The Bertz CT molecular complexity index is 598. The highest BCUT2D eigenvalue weighted by molar-refractivity contribution is 14.0. The van der Waals surface area contributed by atoms with Gasteiger partial charge in [0.15, 0.2) is 5.96 Å². The molecular formula is C24H41IN4O. The fourth-order valence-electron chi connectivity index (χ4n) is 4.66. The summed E-state index contributed by atoms with van der Waals surface area (Å²) in [5.41, 5.74) is 1.15. The molecule has 0 aromatic heterocycles. The van der Waals surface area contributed by atoms with Crippen LogP contribution in [0.15, 0.2) is 35.3 Å². The number of halogens is 1. The zero-order valence-electron chi connectivity index (χ0n) is 18.6. The normalized spacial score (nSPS) is 20.4. The van der Waals surface area contributed by atoms with E-state index >= 15 is 0 Å². The third kappa shape index (κ3) is 9.10. The van der Waals surface area contributed by atoms with Gasteiger partial charge in [0.2, 0.25) is 0 Å². The van der Waals surface area contributed by atoms with E-state index in [1.807, 2.05) is 18.2 Å². The molecule has 2 aliphatic rings. The Kier molecular flexibility index (Phi) is 12.1. The van der Waals surface area contributed by atoms with Crippen molar-refractivity contribution < 1.29 is 5.11 Å². The highest BCUT2D eigenvalue weighted by atomic mass is 127. The second-order valence-corrected chi connectivity index (χ2v) is 8.79. The molecule has 1 atom stereocenters. The fourth-order valence-corrected chi connectivity index (χ4v) is 4.66. The number of nitrogens with one attached hydrogen (secondary N) is 2. The van der Waals surface area contributed by atoms with Crippen LogP contribution in [0.1, 0.15) is 57.4 Å². The van der Waals surface area contributed by atoms with Crippen molar-refractivity contribution >= 4 is 29.9 Å². The Balaban J connectivity index is 0.00000320. The zero-order valence-corrected chi connectivity index (χ0v) is 20.9. The molecule has 2 fully saturated rings. The minimum atomic E-state index is -0.454. The molecule has 1 aliphatic heterocycles. The van der Waals surface area contributed by atoms with Crippen LogP contribution in [-0.4, -0.2) is 60.8 Å². The lowest BCUT2D eigenvalue weighted by molar-refractivity contribution is 0.160. The molecule has 1 aromatic carbocycles. The van der Waals surface area contributed by atoms with E-state index < -0.39 is 6.10 Å². The fraction of sp³-hybridized carbons (Fsp3) is 0.708. The molecular weight excluding hydrogens is 487 g/mol. The number of benzene rings is 1. The van der Waals surface area contributed by atoms with Crippen LogP contribution in [0.25, 0.3) is 0 Å². The molecule has 1 heterocycles. The van der Waals surface area contributed by atoms with Crippen molar-refractivity contribution in [1.29, 1.82) is 0 Å². The topological polar surface area (TPSA) is 59.9 Å². The monoisotopic (exact) mass is 528 g/mol. The summed E-state index contributed by atoms with van der Waals surface area (Å²) in [6, 6.07) is 10.6. The van der Waals surface area contributed by atoms with E-state index in [-0.39, 0.29) is 24.0 Å². The Hall–Kier alpha value is -0.860. The summed E-state index contributed by atoms with van der Waals surface area (Å²) >= 11 is 0. The van der Waals surface area contributed by atoms with Gasteiger partial charge >= 0.3 is 0 Å². The molecule has 3 N–H and O–H groups in total. The van der Waals surface area contributed by atoms with Crippen LogP contribution in [0.4, 0.5) is 0 Å². The van der Waals surface area contributed by atoms with E-state index in [0.29, 0.717) is 19.0 Å². The van der Waals surface area contributed by atoms with Crippen molar-refractivity contribution in [2.24, 2.45) is 10.9 Å². The van der Waals surface area contributed by atoms with Crippen LogP contribution in [-0.2, 0) is 6.42 Å². The third-order valence-electron chi connectivity index (χ3n) is 6.29. The highest BCUT2D eigenvalue weighted by Crippen LogP contribution is 2.25. The van der Waals surface area contributed by atoms with Gasteiger partial charge in [-0.1, -0.05) is 49.6 Å². The first-order valence-electron chi connectivity index (χ1n) is 11.7. The summed E-state index contributed by atoms with van der Waals surface area (Å²) in [5, 5.41) is 17.3. The first kappa shape index (κ1) is 25.4. The Morgan fingerprint density at radius 2 is 1.80 bits per heavy atom. The quantitative estimate of drug-likeness (QED) is 0.273. The van der Waals surface area contributed by atoms with Gasteiger partial charge in [-0.05, 0) is 44.1 Å². The minimum absolute atomic E-state index is 0. The van der Waals surface area contributed by atoms with Gasteiger partial charge in [-0.15, -0.1) is 24.0 Å². The third-order valence-corrected chi connectivity index (χ3v) is 6.29. The van der Waals surface area contributed by atoms with Crippen molar-refractivity contribution in [1.82, 2.24) is 15.5 Å².